The van der Waals surface area contributed by atoms with Crippen molar-refractivity contribution in [2.24, 2.45) is 15.9 Å². The zero-order chi connectivity index (χ0) is 65.2. The van der Waals surface area contributed by atoms with Gasteiger partial charge >= 0.3 is 41.1 Å². The van der Waals surface area contributed by atoms with Gasteiger partial charge in [0, 0.05) is 90.4 Å². The highest BCUT2D eigenvalue weighted by Crippen LogP contribution is 2.46. The quantitative estimate of drug-likeness (QED) is 0.00750. The minimum absolute atomic E-state index is 0.000436. The van der Waals surface area contributed by atoms with Crippen LogP contribution < -0.4 is 21.1 Å². The van der Waals surface area contributed by atoms with Crippen molar-refractivity contribution in [3.8, 4) is 0 Å². The molecule has 0 spiro atoms. The molecule has 0 saturated heterocycles. The highest BCUT2D eigenvalue weighted by atomic mass is 79.9. The first-order chi connectivity index (χ1) is 44.2. The summed E-state index contributed by atoms with van der Waals surface area (Å²) in [6.07, 6.45) is 12.6. The minimum Gasteiger partial charge on any atom is -0.462 e. The van der Waals surface area contributed by atoms with E-state index in [4.69, 9.17) is 38.0 Å². The third-order valence-corrected chi connectivity index (χ3v) is 17.5. The average Bonchev–Trinajstić information content (AvgIpc) is 0.898. The predicted molar refractivity (Wildman–Crippen MR) is 341 cm³/mol. The molecule has 0 saturated carbocycles. The lowest BCUT2D eigenvalue weighted by Gasteiger charge is -2.37. The number of aromatic nitrogens is 6. The van der Waals surface area contributed by atoms with Crippen LogP contribution >= 0.6 is 15.9 Å². The summed E-state index contributed by atoms with van der Waals surface area (Å²) >= 11 is 3.53. The van der Waals surface area contributed by atoms with E-state index in [1.165, 1.54) is 27.2 Å². The van der Waals surface area contributed by atoms with E-state index in [9.17, 15) is 33.6 Å². The summed E-state index contributed by atoms with van der Waals surface area (Å²) in [5, 5.41) is 21.3. The van der Waals surface area contributed by atoms with Crippen LogP contribution in [0, 0.1) is 10.8 Å². The van der Waals surface area contributed by atoms with Gasteiger partial charge in [-0.25, -0.2) is 19.2 Å². The zero-order valence-corrected chi connectivity index (χ0v) is 54.1. The van der Waals surface area contributed by atoms with Crippen LogP contribution in [0.2, 0.25) is 0 Å². The Balaban J connectivity index is 0.000000284. The van der Waals surface area contributed by atoms with Crippen LogP contribution in [0.15, 0.2) is 90.5 Å². The van der Waals surface area contributed by atoms with Crippen molar-refractivity contribution in [3.05, 3.63) is 149 Å². The summed E-state index contributed by atoms with van der Waals surface area (Å²) in [5.41, 5.74) is 13.7. The van der Waals surface area contributed by atoms with Crippen molar-refractivity contribution < 1.29 is 56.5 Å². The van der Waals surface area contributed by atoms with Crippen LogP contribution in [0.25, 0.3) is 32.4 Å². The van der Waals surface area contributed by atoms with E-state index in [1.54, 1.807) is 56.9 Å². The maximum Gasteiger partial charge on any atom is 0.351 e. The summed E-state index contributed by atoms with van der Waals surface area (Å²) in [7, 11) is 0. The lowest BCUT2D eigenvalue weighted by atomic mass is 9.69. The number of carbonyl (C=O) groups is 5. The molecule has 8 heterocycles. The number of azide groups is 1. The molecule has 0 bridgehead atoms. The molecule has 11 rings (SSSR count). The first-order valence-electron chi connectivity index (χ1n) is 31.4. The standard InChI is InChI=1S/C47H56BrN7O10.C19H20N4O4/c1-6-17-54-24-34(49-51-54)28-64-44(60)47(5,48)30-46(4,29-45(2,3)42(58)62-26-31-13-8-7-9-14-31)43(59)63-27-35-25-55(52-50-35)20-12-21-61-40(56)37-23-33-22-32-15-10-18-53-19-11-16-36(38(32)53)39(33)65-41(37)57;20-22-21-6-3-9-26-18(24)15-11-13-10-12-4-1-7-23-8-2-5-14(16(12)23)17(13)27-19(15)25/h7-9,13-14,22-25H,6,10-12,15-21,26-30H2,1-5H3;10-11H,1-9H2. The Bertz CT molecular complexity index is 4050. The first-order valence-corrected chi connectivity index (χ1v) is 32.2. The Morgan fingerprint density at radius 2 is 1.13 bits per heavy atom. The fourth-order valence-electron chi connectivity index (χ4n) is 12.9. The molecule has 3 aromatic carbocycles. The van der Waals surface area contributed by atoms with Gasteiger partial charge in [0.15, 0.2) is 0 Å². The smallest absolute Gasteiger partial charge is 0.351 e. The summed E-state index contributed by atoms with van der Waals surface area (Å²) < 4.78 is 40.9. The Labute approximate surface area is 538 Å². The van der Waals surface area contributed by atoms with Gasteiger partial charge in [0.2, 0.25) is 0 Å². The van der Waals surface area contributed by atoms with E-state index in [0.29, 0.717) is 48.5 Å². The van der Waals surface area contributed by atoms with Crippen molar-refractivity contribution in [2.45, 2.75) is 155 Å². The SMILES string of the molecule is CCCn1cc(COC(=O)C(C)(Br)CC(C)(CC(C)(C)C(=O)OCc2ccccc2)C(=O)OCc2cn(CCCOC(=O)c3cc4cc5c6c(c4oc3=O)CCCN6CCC5)nn2)nn1.[N-]=[N+]=NCCCOC(=O)c1cc2cc3c4c(c2oc1=O)CCCN4CCC3. The molecule has 0 fully saturated rings. The van der Waals surface area contributed by atoms with Crippen molar-refractivity contribution >= 4 is 79.1 Å². The molecule has 26 heteroatoms. The minimum atomic E-state index is -1.42. The van der Waals surface area contributed by atoms with Crippen LogP contribution in [0.4, 0.5) is 11.4 Å². The molecule has 2 unspecified atom stereocenters. The van der Waals surface area contributed by atoms with Crippen LogP contribution in [0.3, 0.4) is 0 Å². The van der Waals surface area contributed by atoms with Gasteiger partial charge in [0.05, 0.1) is 36.4 Å². The van der Waals surface area contributed by atoms with Gasteiger partial charge in [-0.3, -0.25) is 23.7 Å². The molecule has 0 aliphatic carbocycles. The number of carbonyl (C=O) groups excluding carboxylic acids is 5. The number of fused-ring (bicyclic) bond motifs is 4. The van der Waals surface area contributed by atoms with Gasteiger partial charge < -0.3 is 42.3 Å². The molecule has 486 valence electrons. The Morgan fingerprint density at radius 1 is 0.630 bits per heavy atom. The summed E-state index contributed by atoms with van der Waals surface area (Å²) in [5.74, 6) is -3.31. The van der Waals surface area contributed by atoms with E-state index in [0.717, 1.165) is 111 Å². The number of halogens is 1. The number of anilines is 2. The van der Waals surface area contributed by atoms with Gasteiger partial charge in [-0.2, -0.15) is 0 Å². The second kappa shape index (κ2) is 29.2. The van der Waals surface area contributed by atoms with E-state index >= 15 is 0 Å². The van der Waals surface area contributed by atoms with Crippen molar-refractivity contribution in [3.63, 3.8) is 0 Å². The highest BCUT2D eigenvalue weighted by Gasteiger charge is 2.50. The zero-order valence-electron chi connectivity index (χ0n) is 52.5. The summed E-state index contributed by atoms with van der Waals surface area (Å²) in [4.78, 5) is 99.3. The number of rotatable bonds is 25. The molecule has 0 amide bonds. The van der Waals surface area contributed by atoms with Gasteiger partial charge in [0.1, 0.15) is 57.8 Å². The summed E-state index contributed by atoms with van der Waals surface area (Å²) in [6, 6.07) is 16.5. The monoisotopic (exact) mass is 1330 g/mol. The number of hydrogen-bond donors (Lipinski definition) is 0. The van der Waals surface area contributed by atoms with Crippen LogP contribution in [0.5, 0.6) is 0 Å². The molecule has 0 radical (unpaired) electrons. The number of alkyl halides is 1. The van der Waals surface area contributed by atoms with Crippen molar-refractivity contribution in [1.29, 1.82) is 0 Å². The summed E-state index contributed by atoms with van der Waals surface area (Å²) in [6.45, 7) is 13.7. The lowest BCUT2D eigenvalue weighted by molar-refractivity contribution is -0.166. The van der Waals surface area contributed by atoms with Gasteiger partial charge in [-0.05, 0) is 151 Å². The number of aryl methyl sites for hydroxylation is 6. The van der Waals surface area contributed by atoms with Gasteiger partial charge in [0.25, 0.3) is 0 Å². The second-order valence-electron chi connectivity index (χ2n) is 24.9. The van der Waals surface area contributed by atoms with E-state index < -0.39 is 56.3 Å². The highest BCUT2D eigenvalue weighted by molar-refractivity contribution is 9.10. The third kappa shape index (κ3) is 15.5. The fraction of sp³-hybridized carbons (Fsp3) is 0.500. The molecule has 0 N–H and O–H groups in total. The molecule has 4 aliphatic rings. The molecule has 92 heavy (non-hydrogen) atoms. The Morgan fingerprint density at radius 3 is 1.66 bits per heavy atom. The van der Waals surface area contributed by atoms with E-state index in [2.05, 4.69) is 56.4 Å². The molecule has 4 aromatic heterocycles. The third-order valence-electron chi connectivity index (χ3n) is 16.9. The first kappa shape index (κ1) is 66.0. The normalized spacial score (nSPS) is 15.3. The molecule has 7 aromatic rings. The predicted octanol–water partition coefficient (Wildman–Crippen LogP) is 10.2. The van der Waals surface area contributed by atoms with Crippen LogP contribution in [-0.4, -0.2) is 110 Å². The van der Waals surface area contributed by atoms with Gasteiger partial charge in [-0.15, -0.1) is 10.2 Å². The molecule has 25 nitrogen and oxygen atoms in total. The fourth-order valence-corrected chi connectivity index (χ4v) is 13.6. The average molecular weight is 1330 g/mol. The number of hydrogen-bond acceptors (Lipinski definition) is 21. The number of benzene rings is 3. The Kier molecular flexibility index (Phi) is 20.9. The molecule has 4 aliphatic heterocycles. The molecule has 2 atom stereocenters. The number of nitrogens with zero attached hydrogens (tertiary/aromatic N) is 11. The van der Waals surface area contributed by atoms with E-state index in [1.807, 2.05) is 49.4 Å². The molecular formula is C66H76BrN11O14. The topological polar surface area (TPSA) is 309 Å². The largest absolute Gasteiger partial charge is 0.462 e. The molecular weight excluding hydrogens is 1250 g/mol. The van der Waals surface area contributed by atoms with Gasteiger partial charge in [-0.1, -0.05) is 68.7 Å². The Hall–Kier alpha value is -8.90. The second-order valence-corrected chi connectivity index (χ2v) is 26.7. The maximum atomic E-state index is 14.2. The maximum absolute atomic E-state index is 14.2. The van der Waals surface area contributed by atoms with Crippen molar-refractivity contribution in [1.82, 2.24) is 30.0 Å². The lowest BCUT2D eigenvalue weighted by Crippen LogP contribution is -2.45. The number of ether oxygens (including phenoxy) is 5. The van der Waals surface area contributed by atoms with Crippen LogP contribution in [0.1, 0.15) is 152 Å². The van der Waals surface area contributed by atoms with E-state index in [-0.39, 0.29) is 63.5 Å². The van der Waals surface area contributed by atoms with Crippen LogP contribution in [-0.2, 0) is 96.7 Å². The number of esters is 5. The van der Waals surface area contributed by atoms with Crippen molar-refractivity contribution in [2.75, 3.05) is 55.7 Å².